The van der Waals surface area contributed by atoms with Gasteiger partial charge in [0.15, 0.2) is 0 Å². The van der Waals surface area contributed by atoms with Crippen LogP contribution in [0.3, 0.4) is 0 Å². The zero-order valence-corrected chi connectivity index (χ0v) is 13.5. The highest BCUT2D eigenvalue weighted by molar-refractivity contribution is 6.07. The average molecular weight is 302 g/mol. The molecule has 0 rings (SSSR count). The van der Waals surface area contributed by atoms with Gasteiger partial charge in [0.05, 0.1) is 13.2 Å². The third-order valence-electron chi connectivity index (χ3n) is 2.79. The molecule has 21 heavy (non-hydrogen) atoms. The summed E-state index contributed by atoms with van der Waals surface area (Å²) in [6, 6.07) is 0. The second-order valence-electron chi connectivity index (χ2n) is 4.93. The van der Waals surface area contributed by atoms with Gasteiger partial charge in [-0.2, -0.15) is 0 Å². The van der Waals surface area contributed by atoms with Crippen molar-refractivity contribution in [1.29, 1.82) is 0 Å². The summed E-state index contributed by atoms with van der Waals surface area (Å²) in [7, 11) is 3.77. The van der Waals surface area contributed by atoms with Gasteiger partial charge in [-0.25, -0.2) is 9.59 Å². The topological polar surface area (TPSA) is 84.9 Å². The molecule has 1 N–H and O–H groups in total. The number of hydrogen-bond donors (Lipinski definition) is 1. The summed E-state index contributed by atoms with van der Waals surface area (Å²) in [6.07, 6.45) is 0.660. The molecule has 0 atom stereocenters. The zero-order chi connectivity index (χ0) is 16.5. The predicted octanol–water partition coefficient (Wildman–Crippen LogP) is 0.329. The first-order valence-corrected chi connectivity index (χ1v) is 7.08. The number of esters is 2. The molecule has 1 amide bonds. The Bertz CT molecular complexity index is 350. The summed E-state index contributed by atoms with van der Waals surface area (Å²) in [5.41, 5.74) is -1.77. The predicted molar refractivity (Wildman–Crippen MR) is 77.6 cm³/mol. The zero-order valence-electron chi connectivity index (χ0n) is 13.5. The lowest BCUT2D eigenvalue weighted by Gasteiger charge is -2.30. The molecule has 0 saturated heterocycles. The summed E-state index contributed by atoms with van der Waals surface area (Å²) in [5.74, 6) is -2.05. The molecule has 122 valence electrons. The van der Waals surface area contributed by atoms with E-state index in [1.807, 2.05) is 19.0 Å². The molecule has 7 nitrogen and oxygen atoms in total. The second-order valence-corrected chi connectivity index (χ2v) is 4.93. The molecule has 0 aliphatic carbocycles. The Morgan fingerprint density at radius 3 is 1.86 bits per heavy atom. The number of carbonyl (C=O) groups excluding carboxylic acids is 3. The molecule has 0 aromatic heterocycles. The fourth-order valence-electron chi connectivity index (χ4n) is 1.92. The molecular weight excluding hydrogens is 276 g/mol. The molecule has 0 unspecified atom stereocenters. The fraction of sp³-hybridized carbons (Fsp3) is 0.786. The van der Waals surface area contributed by atoms with Crippen LogP contribution in [0.25, 0.3) is 0 Å². The fourth-order valence-corrected chi connectivity index (χ4v) is 1.92. The summed E-state index contributed by atoms with van der Waals surface area (Å²) in [6.45, 7) is 5.43. The SMILES string of the molecule is CCOC(=O)C(CCCN(C)C)(NC(C)=O)C(=O)OCC. The largest absolute Gasteiger partial charge is 0.464 e. The van der Waals surface area contributed by atoms with Crippen LogP contribution in [0.15, 0.2) is 0 Å². The van der Waals surface area contributed by atoms with Gasteiger partial charge in [-0.05, 0) is 47.3 Å². The van der Waals surface area contributed by atoms with Crippen molar-refractivity contribution in [2.75, 3.05) is 33.9 Å². The van der Waals surface area contributed by atoms with E-state index in [0.29, 0.717) is 13.0 Å². The molecule has 0 radical (unpaired) electrons. The van der Waals surface area contributed by atoms with Gasteiger partial charge < -0.3 is 19.7 Å². The average Bonchev–Trinajstić information content (AvgIpc) is 2.37. The van der Waals surface area contributed by atoms with E-state index in [0.717, 1.165) is 0 Å². The van der Waals surface area contributed by atoms with Crippen LogP contribution in [0.5, 0.6) is 0 Å². The highest BCUT2D eigenvalue weighted by Crippen LogP contribution is 2.19. The van der Waals surface area contributed by atoms with Crippen molar-refractivity contribution in [2.24, 2.45) is 0 Å². The van der Waals surface area contributed by atoms with E-state index in [9.17, 15) is 14.4 Å². The number of ether oxygens (including phenoxy) is 2. The molecule has 0 aromatic rings. The highest BCUT2D eigenvalue weighted by Gasteiger charge is 2.49. The standard InChI is InChI=1S/C14H26N2O5/c1-6-20-12(18)14(15-11(3)17,13(19)21-7-2)9-8-10-16(4)5/h6-10H2,1-5H3,(H,15,17). The van der Waals surface area contributed by atoms with Gasteiger partial charge in [0.2, 0.25) is 11.4 Å². The second kappa shape index (κ2) is 9.33. The molecule has 0 aliphatic heterocycles. The van der Waals surface area contributed by atoms with Crippen molar-refractivity contribution >= 4 is 17.8 Å². The molecule has 0 bridgehead atoms. The van der Waals surface area contributed by atoms with Crippen molar-refractivity contribution in [2.45, 2.75) is 39.2 Å². The van der Waals surface area contributed by atoms with Crippen molar-refractivity contribution < 1.29 is 23.9 Å². The number of hydrogen-bond acceptors (Lipinski definition) is 6. The maximum Gasteiger partial charge on any atom is 0.343 e. The first-order chi connectivity index (χ1) is 9.80. The highest BCUT2D eigenvalue weighted by atomic mass is 16.6. The molecule has 0 spiro atoms. The van der Waals surface area contributed by atoms with Crippen molar-refractivity contribution in [3.63, 3.8) is 0 Å². The Hall–Kier alpha value is -1.63. The lowest BCUT2D eigenvalue weighted by molar-refractivity contribution is -0.168. The van der Waals surface area contributed by atoms with Crippen LogP contribution in [0.4, 0.5) is 0 Å². The van der Waals surface area contributed by atoms with E-state index in [4.69, 9.17) is 9.47 Å². The third kappa shape index (κ3) is 6.12. The number of nitrogens with zero attached hydrogens (tertiary/aromatic N) is 1. The van der Waals surface area contributed by atoms with E-state index in [1.165, 1.54) is 6.92 Å². The van der Waals surface area contributed by atoms with Crippen LogP contribution in [-0.2, 0) is 23.9 Å². The Kier molecular flexibility index (Phi) is 8.61. The van der Waals surface area contributed by atoms with E-state index in [2.05, 4.69) is 5.32 Å². The van der Waals surface area contributed by atoms with Crippen molar-refractivity contribution in [1.82, 2.24) is 10.2 Å². The maximum absolute atomic E-state index is 12.2. The molecule has 0 heterocycles. The number of carbonyl (C=O) groups is 3. The van der Waals surface area contributed by atoms with E-state index in [-0.39, 0.29) is 19.6 Å². The van der Waals surface area contributed by atoms with E-state index in [1.54, 1.807) is 13.8 Å². The van der Waals surface area contributed by atoms with Gasteiger partial charge in [0.1, 0.15) is 0 Å². The molecule has 0 fully saturated rings. The van der Waals surface area contributed by atoms with E-state index >= 15 is 0 Å². The Morgan fingerprint density at radius 1 is 1.05 bits per heavy atom. The minimum absolute atomic E-state index is 0.118. The summed E-state index contributed by atoms with van der Waals surface area (Å²) < 4.78 is 9.93. The molecule has 0 aliphatic rings. The normalized spacial score (nSPS) is 11.1. The Labute approximate surface area is 126 Å². The van der Waals surface area contributed by atoms with Crippen molar-refractivity contribution in [3.8, 4) is 0 Å². The maximum atomic E-state index is 12.2. The first-order valence-electron chi connectivity index (χ1n) is 7.08. The minimum atomic E-state index is -1.77. The van der Waals surface area contributed by atoms with Crippen LogP contribution in [0, 0.1) is 0 Å². The van der Waals surface area contributed by atoms with Gasteiger partial charge in [0, 0.05) is 6.92 Å². The van der Waals surface area contributed by atoms with Gasteiger partial charge in [0.25, 0.3) is 0 Å². The molecule has 0 aromatic carbocycles. The molecular formula is C14H26N2O5. The monoisotopic (exact) mass is 302 g/mol. The number of amides is 1. The van der Waals surface area contributed by atoms with Crippen LogP contribution < -0.4 is 5.32 Å². The van der Waals surface area contributed by atoms with Gasteiger partial charge >= 0.3 is 11.9 Å². The summed E-state index contributed by atoms with van der Waals surface area (Å²) in [5, 5.41) is 2.43. The van der Waals surface area contributed by atoms with Crippen LogP contribution in [-0.4, -0.2) is 62.1 Å². The Morgan fingerprint density at radius 2 is 1.52 bits per heavy atom. The molecule has 0 saturated carbocycles. The van der Waals surface area contributed by atoms with Crippen LogP contribution in [0.1, 0.15) is 33.6 Å². The van der Waals surface area contributed by atoms with Gasteiger partial charge in [-0.3, -0.25) is 4.79 Å². The number of rotatable bonds is 9. The lowest BCUT2D eigenvalue weighted by atomic mass is 9.92. The van der Waals surface area contributed by atoms with Crippen LogP contribution in [0.2, 0.25) is 0 Å². The number of nitrogens with one attached hydrogen (secondary N) is 1. The quantitative estimate of drug-likeness (QED) is 0.488. The smallest absolute Gasteiger partial charge is 0.343 e. The summed E-state index contributed by atoms with van der Waals surface area (Å²) in [4.78, 5) is 37.8. The van der Waals surface area contributed by atoms with Crippen molar-refractivity contribution in [3.05, 3.63) is 0 Å². The summed E-state index contributed by atoms with van der Waals surface area (Å²) >= 11 is 0. The third-order valence-corrected chi connectivity index (χ3v) is 2.79. The molecule has 7 heteroatoms. The van der Waals surface area contributed by atoms with Crippen LogP contribution >= 0.6 is 0 Å². The lowest BCUT2D eigenvalue weighted by Crippen LogP contribution is -2.61. The van der Waals surface area contributed by atoms with Gasteiger partial charge in [-0.1, -0.05) is 0 Å². The Balaban J connectivity index is 5.33. The first kappa shape index (κ1) is 19.4. The van der Waals surface area contributed by atoms with Gasteiger partial charge in [-0.15, -0.1) is 0 Å². The van der Waals surface area contributed by atoms with E-state index < -0.39 is 23.4 Å². The minimum Gasteiger partial charge on any atom is -0.464 e.